The van der Waals surface area contributed by atoms with Crippen LogP contribution in [0, 0.1) is 5.41 Å². The largest absolute Gasteiger partial charge is 0.481 e. The normalized spacial score (nSPS) is 12.3. The van der Waals surface area contributed by atoms with Gasteiger partial charge < -0.3 is 5.11 Å². The molecule has 122 valence electrons. The van der Waals surface area contributed by atoms with Gasteiger partial charge in [0.15, 0.2) is 0 Å². The molecule has 4 heteroatoms. The van der Waals surface area contributed by atoms with Crippen molar-refractivity contribution in [1.82, 2.24) is 4.98 Å². The van der Waals surface area contributed by atoms with E-state index in [1.54, 1.807) is 31.4 Å². The highest BCUT2D eigenvalue weighted by molar-refractivity contribution is 7.11. The second kappa shape index (κ2) is 8.06. The van der Waals surface area contributed by atoms with Crippen LogP contribution in [-0.4, -0.2) is 16.1 Å². The molecule has 0 unspecified atom stereocenters. The van der Waals surface area contributed by atoms with E-state index in [0.29, 0.717) is 6.42 Å². The zero-order valence-corrected chi connectivity index (χ0v) is 14.5. The van der Waals surface area contributed by atoms with Crippen LogP contribution in [0.2, 0.25) is 0 Å². The van der Waals surface area contributed by atoms with E-state index in [1.165, 1.54) is 10.5 Å². The summed E-state index contributed by atoms with van der Waals surface area (Å²) in [6.45, 7) is 3.58. The van der Waals surface area contributed by atoms with E-state index in [9.17, 15) is 4.79 Å². The van der Waals surface area contributed by atoms with Crippen LogP contribution in [0.5, 0.6) is 0 Å². The first kappa shape index (κ1) is 17.4. The average Bonchev–Trinajstić information content (AvgIpc) is 3.05. The first-order valence-corrected chi connectivity index (χ1v) is 8.76. The topological polar surface area (TPSA) is 50.2 Å². The number of unbranched alkanes of at least 4 members (excludes halogenated alkanes) is 2. The molecule has 0 bridgehead atoms. The molecule has 0 aliphatic carbocycles. The summed E-state index contributed by atoms with van der Waals surface area (Å²) in [5.74, 6) is -0.720. The van der Waals surface area contributed by atoms with Gasteiger partial charge in [-0.1, -0.05) is 24.6 Å². The Morgan fingerprint density at radius 2 is 2.13 bits per heavy atom. The summed E-state index contributed by atoms with van der Waals surface area (Å²) in [7, 11) is 0. The van der Waals surface area contributed by atoms with Gasteiger partial charge in [-0.25, -0.2) is 0 Å². The first-order chi connectivity index (χ1) is 11.0. The number of rotatable bonds is 8. The van der Waals surface area contributed by atoms with Crippen molar-refractivity contribution in [1.29, 1.82) is 0 Å². The minimum absolute atomic E-state index is 0.635. The molecule has 0 amide bonds. The molecule has 0 fully saturated rings. The van der Waals surface area contributed by atoms with Gasteiger partial charge in [0.2, 0.25) is 0 Å². The van der Waals surface area contributed by atoms with Crippen molar-refractivity contribution in [3.8, 4) is 0 Å². The molecular weight excluding hydrogens is 306 g/mol. The molecule has 0 saturated carbocycles. The van der Waals surface area contributed by atoms with Gasteiger partial charge in [-0.05, 0) is 56.2 Å². The number of carbonyl (C=O) groups is 1. The summed E-state index contributed by atoms with van der Waals surface area (Å²) in [6.07, 6.45) is 9.47. The van der Waals surface area contributed by atoms with E-state index in [2.05, 4.69) is 34.6 Å². The number of thiophene rings is 1. The number of nitrogens with zero attached hydrogens (tertiary/aromatic N) is 1. The monoisotopic (exact) mass is 329 g/mol. The highest BCUT2D eigenvalue weighted by Gasteiger charge is 2.25. The minimum Gasteiger partial charge on any atom is -0.481 e. The van der Waals surface area contributed by atoms with E-state index >= 15 is 0 Å². The Hall–Kier alpha value is -1.94. The number of aliphatic carboxylic acids is 1. The number of pyridine rings is 1. The van der Waals surface area contributed by atoms with Crippen LogP contribution in [0.1, 0.15) is 50.0 Å². The molecule has 23 heavy (non-hydrogen) atoms. The fourth-order valence-electron chi connectivity index (χ4n) is 2.38. The van der Waals surface area contributed by atoms with Gasteiger partial charge in [0, 0.05) is 22.8 Å². The van der Waals surface area contributed by atoms with Crippen LogP contribution < -0.4 is 0 Å². The third-order valence-corrected chi connectivity index (χ3v) is 4.85. The molecular formula is C19H23NO2S. The molecule has 1 N–H and O–H groups in total. The fraction of sp³-hybridized carbons (Fsp3) is 0.368. The maximum Gasteiger partial charge on any atom is 0.309 e. The third-order valence-electron chi connectivity index (χ3n) is 3.94. The van der Waals surface area contributed by atoms with Gasteiger partial charge in [-0.2, -0.15) is 0 Å². The van der Waals surface area contributed by atoms with E-state index in [0.717, 1.165) is 24.8 Å². The van der Waals surface area contributed by atoms with Crippen molar-refractivity contribution < 1.29 is 9.90 Å². The van der Waals surface area contributed by atoms with Gasteiger partial charge in [0.1, 0.15) is 0 Å². The predicted octanol–water partition coefficient (Wildman–Crippen LogP) is 5.25. The second-order valence-electron chi connectivity index (χ2n) is 6.27. The van der Waals surface area contributed by atoms with Crippen molar-refractivity contribution >= 4 is 22.9 Å². The number of carboxylic acids is 1. The Balaban J connectivity index is 1.98. The van der Waals surface area contributed by atoms with Crippen molar-refractivity contribution in [3.05, 3.63) is 58.6 Å². The molecule has 0 saturated heterocycles. The van der Waals surface area contributed by atoms with Crippen LogP contribution in [-0.2, 0) is 4.79 Å². The van der Waals surface area contributed by atoms with Gasteiger partial charge in [0.05, 0.1) is 5.41 Å². The molecule has 2 aromatic heterocycles. The van der Waals surface area contributed by atoms with Crippen molar-refractivity contribution in [2.75, 3.05) is 0 Å². The van der Waals surface area contributed by atoms with Gasteiger partial charge >= 0.3 is 5.97 Å². The van der Waals surface area contributed by atoms with E-state index in [1.807, 2.05) is 12.3 Å². The van der Waals surface area contributed by atoms with Crippen molar-refractivity contribution in [2.24, 2.45) is 5.41 Å². The first-order valence-electron chi connectivity index (χ1n) is 7.88. The lowest BCUT2D eigenvalue weighted by molar-refractivity contribution is -0.147. The lowest BCUT2D eigenvalue weighted by Crippen LogP contribution is -2.23. The van der Waals surface area contributed by atoms with E-state index in [-0.39, 0.29) is 0 Å². The molecule has 0 aliphatic heterocycles. The molecule has 3 nitrogen and oxygen atoms in total. The smallest absolute Gasteiger partial charge is 0.309 e. The molecule has 2 rings (SSSR count). The molecule has 0 radical (unpaired) electrons. The number of hydrogen-bond donors (Lipinski definition) is 1. The number of carboxylic acid groups (broad SMARTS) is 1. The van der Waals surface area contributed by atoms with Crippen molar-refractivity contribution in [2.45, 2.75) is 39.5 Å². The minimum atomic E-state index is -0.720. The van der Waals surface area contributed by atoms with Gasteiger partial charge in [-0.3, -0.25) is 9.78 Å². The van der Waals surface area contributed by atoms with Crippen LogP contribution in [0.3, 0.4) is 0 Å². The lowest BCUT2D eigenvalue weighted by atomic mass is 9.87. The third kappa shape index (κ3) is 5.03. The molecule has 2 aromatic rings. The Labute approximate surface area is 141 Å². The summed E-state index contributed by atoms with van der Waals surface area (Å²) in [4.78, 5) is 16.6. The van der Waals surface area contributed by atoms with Crippen LogP contribution in [0.25, 0.3) is 5.57 Å². The Morgan fingerprint density at radius 1 is 1.30 bits per heavy atom. The summed E-state index contributed by atoms with van der Waals surface area (Å²) in [6, 6.07) is 8.20. The number of allylic oxidation sites excluding steroid dienone is 1. The summed E-state index contributed by atoms with van der Waals surface area (Å²) >= 11 is 1.72. The molecule has 2 heterocycles. The highest BCUT2D eigenvalue weighted by atomic mass is 32.1. The van der Waals surface area contributed by atoms with Crippen LogP contribution >= 0.6 is 11.3 Å². The molecule has 0 spiro atoms. The SMILES string of the molecule is CC(C)(CCCCC=C(c1cccnc1)c1cccs1)C(=O)O. The van der Waals surface area contributed by atoms with Crippen molar-refractivity contribution in [3.63, 3.8) is 0 Å². The zero-order valence-electron chi connectivity index (χ0n) is 13.7. The highest BCUT2D eigenvalue weighted by Crippen LogP contribution is 2.28. The van der Waals surface area contributed by atoms with Gasteiger partial charge in [0.25, 0.3) is 0 Å². The Bertz CT molecular complexity index is 645. The van der Waals surface area contributed by atoms with Crippen LogP contribution in [0.4, 0.5) is 0 Å². The number of hydrogen-bond acceptors (Lipinski definition) is 3. The summed E-state index contributed by atoms with van der Waals surface area (Å²) in [5, 5.41) is 11.2. The van der Waals surface area contributed by atoms with Gasteiger partial charge in [-0.15, -0.1) is 11.3 Å². The average molecular weight is 329 g/mol. The summed E-state index contributed by atoms with van der Waals surface area (Å²) in [5.41, 5.74) is 1.70. The maximum absolute atomic E-state index is 11.1. The molecule has 0 atom stereocenters. The maximum atomic E-state index is 11.1. The van der Waals surface area contributed by atoms with Crippen LogP contribution in [0.15, 0.2) is 48.1 Å². The summed E-state index contributed by atoms with van der Waals surface area (Å²) < 4.78 is 0. The lowest BCUT2D eigenvalue weighted by Gasteiger charge is -2.18. The molecule has 0 aromatic carbocycles. The molecule has 0 aliphatic rings. The quantitative estimate of drug-likeness (QED) is 0.673. The predicted molar refractivity (Wildman–Crippen MR) is 95.5 cm³/mol. The zero-order chi connectivity index (χ0) is 16.7. The second-order valence-corrected chi connectivity index (χ2v) is 7.22. The number of aromatic nitrogens is 1. The van der Waals surface area contributed by atoms with E-state index in [4.69, 9.17) is 5.11 Å². The van der Waals surface area contributed by atoms with E-state index < -0.39 is 11.4 Å². The standard InChI is InChI=1S/C19H23NO2S/c1-19(2,18(21)22)11-5-3-4-9-16(17-10-7-13-23-17)15-8-6-12-20-14-15/h6-10,12-14H,3-5,11H2,1-2H3,(H,21,22). The Morgan fingerprint density at radius 3 is 2.74 bits per heavy atom. The Kier molecular flexibility index (Phi) is 6.11. The fourth-order valence-corrected chi connectivity index (χ4v) is 3.17.